The standard InChI is InChI=1S/C18H22N2O4/c21-16(19-10-7-18(8-11-19)23-12-13-24-18)17(22)20-9-3-5-14-4-1-2-6-15(14)20/h1-2,4,6H,3,5,7-13H2. The van der Waals surface area contributed by atoms with E-state index in [-0.39, 0.29) is 0 Å². The molecule has 1 aromatic carbocycles. The maximum atomic E-state index is 12.7. The summed E-state index contributed by atoms with van der Waals surface area (Å²) < 4.78 is 11.4. The minimum Gasteiger partial charge on any atom is -0.347 e. The van der Waals surface area contributed by atoms with Gasteiger partial charge in [0.25, 0.3) is 0 Å². The number of amides is 2. The van der Waals surface area contributed by atoms with Crippen LogP contribution in [0.25, 0.3) is 0 Å². The van der Waals surface area contributed by atoms with Crippen molar-refractivity contribution in [3.8, 4) is 0 Å². The van der Waals surface area contributed by atoms with E-state index in [1.807, 2.05) is 24.3 Å². The van der Waals surface area contributed by atoms with Gasteiger partial charge in [0.15, 0.2) is 5.79 Å². The Morgan fingerprint density at radius 1 is 0.958 bits per heavy atom. The molecular formula is C18H22N2O4. The summed E-state index contributed by atoms with van der Waals surface area (Å²) >= 11 is 0. The molecule has 0 aromatic heterocycles. The van der Waals surface area contributed by atoms with Crippen molar-refractivity contribution in [1.82, 2.24) is 4.90 Å². The largest absolute Gasteiger partial charge is 0.347 e. The number of aryl methyl sites for hydroxylation is 1. The summed E-state index contributed by atoms with van der Waals surface area (Å²) in [6.07, 6.45) is 3.10. The zero-order valence-electron chi connectivity index (χ0n) is 13.7. The molecule has 0 bridgehead atoms. The predicted molar refractivity (Wildman–Crippen MR) is 87.6 cm³/mol. The molecule has 0 N–H and O–H groups in total. The number of likely N-dealkylation sites (tertiary alicyclic amines) is 1. The molecule has 3 aliphatic rings. The van der Waals surface area contributed by atoms with E-state index in [0.717, 1.165) is 24.1 Å². The summed E-state index contributed by atoms with van der Waals surface area (Å²) in [5.74, 6) is -1.37. The molecule has 6 nitrogen and oxygen atoms in total. The SMILES string of the molecule is O=C(C(=O)N1CCCc2ccccc21)N1CCC2(CC1)OCCO2. The molecule has 6 heteroatoms. The quantitative estimate of drug-likeness (QED) is 0.674. The molecule has 3 heterocycles. The number of nitrogens with zero attached hydrogens (tertiary/aromatic N) is 2. The van der Waals surface area contributed by atoms with Crippen molar-refractivity contribution in [2.45, 2.75) is 31.5 Å². The van der Waals surface area contributed by atoms with Crippen molar-refractivity contribution in [2.24, 2.45) is 0 Å². The number of fused-ring (bicyclic) bond motifs is 1. The van der Waals surface area contributed by atoms with Crippen LogP contribution in [0.3, 0.4) is 0 Å². The molecule has 0 saturated carbocycles. The average molecular weight is 330 g/mol. The lowest BCUT2D eigenvalue weighted by Crippen LogP contribution is -2.52. The van der Waals surface area contributed by atoms with Gasteiger partial charge in [0.05, 0.1) is 13.2 Å². The summed E-state index contributed by atoms with van der Waals surface area (Å²) in [6.45, 7) is 2.82. The lowest BCUT2D eigenvalue weighted by atomic mass is 10.0. The van der Waals surface area contributed by atoms with Gasteiger partial charge >= 0.3 is 11.8 Å². The number of piperidine rings is 1. The van der Waals surface area contributed by atoms with Crippen molar-refractivity contribution in [3.63, 3.8) is 0 Å². The number of anilines is 1. The maximum absolute atomic E-state index is 12.7. The normalized spacial score (nSPS) is 22.5. The molecule has 24 heavy (non-hydrogen) atoms. The van der Waals surface area contributed by atoms with Gasteiger partial charge in [0.1, 0.15) is 0 Å². The minimum atomic E-state index is -0.530. The van der Waals surface area contributed by atoms with Gasteiger partial charge in [0.2, 0.25) is 0 Å². The molecule has 0 aliphatic carbocycles. The number of ether oxygens (including phenoxy) is 2. The summed E-state index contributed by atoms with van der Waals surface area (Å²) in [6, 6.07) is 7.83. The molecule has 2 amide bonds. The summed E-state index contributed by atoms with van der Waals surface area (Å²) in [7, 11) is 0. The topological polar surface area (TPSA) is 59.1 Å². The van der Waals surface area contributed by atoms with Crippen LogP contribution in [0, 0.1) is 0 Å². The van der Waals surface area contributed by atoms with Crippen molar-refractivity contribution in [2.75, 3.05) is 37.7 Å². The first-order chi connectivity index (χ1) is 11.7. The van der Waals surface area contributed by atoms with Crippen LogP contribution in [0.2, 0.25) is 0 Å². The summed E-state index contributed by atoms with van der Waals surface area (Å²) in [4.78, 5) is 28.7. The Kier molecular flexibility index (Phi) is 4.02. The monoisotopic (exact) mass is 330 g/mol. The fraction of sp³-hybridized carbons (Fsp3) is 0.556. The molecule has 0 unspecified atom stereocenters. The molecular weight excluding hydrogens is 308 g/mol. The Labute approximate surface area is 141 Å². The van der Waals surface area contributed by atoms with Gasteiger partial charge < -0.3 is 19.3 Å². The van der Waals surface area contributed by atoms with E-state index in [4.69, 9.17) is 9.47 Å². The average Bonchev–Trinajstić information content (AvgIpc) is 3.09. The zero-order valence-corrected chi connectivity index (χ0v) is 13.7. The first-order valence-corrected chi connectivity index (χ1v) is 8.65. The highest BCUT2D eigenvalue weighted by Gasteiger charge is 2.42. The van der Waals surface area contributed by atoms with E-state index < -0.39 is 17.6 Å². The third kappa shape index (κ3) is 2.70. The van der Waals surface area contributed by atoms with Gasteiger partial charge in [-0.1, -0.05) is 18.2 Å². The Morgan fingerprint density at radius 3 is 2.42 bits per heavy atom. The fourth-order valence-electron chi connectivity index (χ4n) is 3.83. The Bertz CT molecular complexity index is 644. The van der Waals surface area contributed by atoms with E-state index in [1.165, 1.54) is 0 Å². The van der Waals surface area contributed by atoms with Gasteiger partial charge in [-0.3, -0.25) is 9.59 Å². The number of hydrogen-bond donors (Lipinski definition) is 0. The highest BCUT2D eigenvalue weighted by atomic mass is 16.7. The number of carbonyl (C=O) groups is 2. The van der Waals surface area contributed by atoms with Crippen molar-refractivity contribution >= 4 is 17.5 Å². The molecule has 3 aliphatic heterocycles. The van der Waals surface area contributed by atoms with Crippen LogP contribution in [0.15, 0.2) is 24.3 Å². The van der Waals surface area contributed by atoms with E-state index in [0.29, 0.717) is 45.7 Å². The van der Waals surface area contributed by atoms with E-state index in [1.54, 1.807) is 9.80 Å². The number of para-hydroxylation sites is 1. The van der Waals surface area contributed by atoms with Crippen LogP contribution in [0.5, 0.6) is 0 Å². The smallest absolute Gasteiger partial charge is 0.316 e. The predicted octanol–water partition coefficient (Wildman–Crippen LogP) is 1.33. The van der Waals surface area contributed by atoms with Gasteiger partial charge in [0, 0.05) is 38.2 Å². The molecule has 2 saturated heterocycles. The molecule has 128 valence electrons. The number of carbonyl (C=O) groups excluding carboxylic acids is 2. The second kappa shape index (κ2) is 6.18. The molecule has 2 fully saturated rings. The van der Waals surface area contributed by atoms with E-state index in [9.17, 15) is 9.59 Å². The second-order valence-electron chi connectivity index (χ2n) is 6.59. The van der Waals surface area contributed by atoms with Gasteiger partial charge in [-0.05, 0) is 24.5 Å². The number of rotatable bonds is 0. The molecule has 0 atom stereocenters. The van der Waals surface area contributed by atoms with Crippen LogP contribution in [0.4, 0.5) is 5.69 Å². The fourth-order valence-corrected chi connectivity index (χ4v) is 3.83. The Hall–Kier alpha value is -1.92. The zero-order chi connectivity index (χ0) is 16.6. The van der Waals surface area contributed by atoms with Crippen molar-refractivity contribution < 1.29 is 19.1 Å². The minimum absolute atomic E-state index is 0.417. The Balaban J connectivity index is 1.45. The van der Waals surface area contributed by atoms with E-state index in [2.05, 4.69) is 0 Å². The van der Waals surface area contributed by atoms with Crippen molar-refractivity contribution in [1.29, 1.82) is 0 Å². The van der Waals surface area contributed by atoms with Gasteiger partial charge in [-0.15, -0.1) is 0 Å². The molecule has 1 spiro atoms. The third-order valence-electron chi connectivity index (χ3n) is 5.16. The molecule has 4 rings (SSSR count). The lowest BCUT2D eigenvalue weighted by Gasteiger charge is -2.38. The molecule has 1 aromatic rings. The molecule has 0 radical (unpaired) electrons. The summed E-state index contributed by atoms with van der Waals surface area (Å²) in [5.41, 5.74) is 2.01. The van der Waals surface area contributed by atoms with Crippen LogP contribution in [-0.2, 0) is 25.5 Å². The first kappa shape index (κ1) is 15.6. The van der Waals surface area contributed by atoms with E-state index >= 15 is 0 Å². The van der Waals surface area contributed by atoms with Crippen LogP contribution in [0.1, 0.15) is 24.8 Å². The maximum Gasteiger partial charge on any atom is 0.316 e. The van der Waals surface area contributed by atoms with Crippen LogP contribution >= 0.6 is 0 Å². The lowest BCUT2D eigenvalue weighted by molar-refractivity contribution is -0.187. The first-order valence-electron chi connectivity index (χ1n) is 8.65. The van der Waals surface area contributed by atoms with Gasteiger partial charge in [-0.2, -0.15) is 0 Å². The Morgan fingerprint density at radius 2 is 1.67 bits per heavy atom. The number of benzene rings is 1. The highest BCUT2D eigenvalue weighted by molar-refractivity contribution is 6.40. The third-order valence-corrected chi connectivity index (χ3v) is 5.16. The van der Waals surface area contributed by atoms with Crippen molar-refractivity contribution in [3.05, 3.63) is 29.8 Å². The second-order valence-corrected chi connectivity index (χ2v) is 6.59. The number of hydrogen-bond acceptors (Lipinski definition) is 4. The van der Waals surface area contributed by atoms with Gasteiger partial charge in [-0.25, -0.2) is 0 Å². The summed E-state index contributed by atoms with van der Waals surface area (Å²) in [5, 5.41) is 0. The highest BCUT2D eigenvalue weighted by Crippen LogP contribution is 2.32. The van der Waals surface area contributed by atoms with Crippen LogP contribution < -0.4 is 4.90 Å². The van der Waals surface area contributed by atoms with Crippen LogP contribution in [-0.4, -0.2) is 55.3 Å².